The van der Waals surface area contributed by atoms with E-state index in [1.807, 2.05) is 0 Å². The Bertz CT molecular complexity index is 310. The van der Waals surface area contributed by atoms with Gasteiger partial charge < -0.3 is 5.32 Å². The normalized spacial score (nSPS) is 10.7. The molecule has 1 N–H and O–H groups in total. The Labute approximate surface area is 99.2 Å². The van der Waals surface area contributed by atoms with Gasteiger partial charge >= 0.3 is 0 Å². The summed E-state index contributed by atoms with van der Waals surface area (Å²) in [6.07, 6.45) is 2.34. The van der Waals surface area contributed by atoms with Crippen LogP contribution in [0.15, 0.2) is 22.7 Å². The van der Waals surface area contributed by atoms with E-state index in [-0.39, 0.29) is 5.82 Å². The molecule has 15 heavy (non-hydrogen) atoms. The molecule has 0 aromatic heterocycles. The largest absolute Gasteiger partial charge is 0.384 e. The number of hydrogen-bond acceptors (Lipinski definition) is 1. The second-order valence-corrected chi connectivity index (χ2v) is 4.54. The van der Waals surface area contributed by atoms with Crippen LogP contribution >= 0.6 is 15.9 Å². The number of nitrogens with one attached hydrogen (secondary N) is 1. The summed E-state index contributed by atoms with van der Waals surface area (Å²) in [6, 6.07) is 4.72. The van der Waals surface area contributed by atoms with Crippen LogP contribution < -0.4 is 5.32 Å². The Balaban J connectivity index is 2.57. The fourth-order valence-corrected chi connectivity index (χ4v) is 1.96. The fourth-order valence-electron chi connectivity index (χ4n) is 1.46. The van der Waals surface area contributed by atoms with E-state index in [0.29, 0.717) is 5.92 Å². The van der Waals surface area contributed by atoms with Gasteiger partial charge in [0, 0.05) is 16.7 Å². The highest BCUT2D eigenvalue weighted by molar-refractivity contribution is 9.10. The average Bonchev–Trinajstić information content (AvgIpc) is 2.22. The van der Waals surface area contributed by atoms with Gasteiger partial charge in [-0.1, -0.05) is 26.7 Å². The first-order valence-electron chi connectivity index (χ1n) is 5.36. The van der Waals surface area contributed by atoms with Crippen LogP contribution in [0.3, 0.4) is 0 Å². The van der Waals surface area contributed by atoms with Gasteiger partial charge in [-0.25, -0.2) is 4.39 Å². The number of halogens is 2. The molecular formula is C12H17BrFN. The molecule has 0 aliphatic heterocycles. The molecule has 1 nitrogen and oxygen atoms in total. The average molecular weight is 274 g/mol. The molecule has 3 heteroatoms. The minimum Gasteiger partial charge on any atom is -0.384 e. The molecule has 0 atom stereocenters. The third-order valence-electron chi connectivity index (χ3n) is 2.67. The quantitative estimate of drug-likeness (QED) is 0.837. The maximum atomic E-state index is 12.8. The SMILES string of the molecule is CCC(CC)CNc1ccc(F)cc1Br. The Hall–Kier alpha value is -0.570. The van der Waals surface area contributed by atoms with Crippen LogP contribution in [0.25, 0.3) is 0 Å². The van der Waals surface area contributed by atoms with Gasteiger partial charge in [-0.2, -0.15) is 0 Å². The Kier molecular flexibility index (Phi) is 5.09. The van der Waals surface area contributed by atoms with Crippen molar-refractivity contribution in [1.82, 2.24) is 0 Å². The maximum Gasteiger partial charge on any atom is 0.124 e. The molecule has 0 saturated heterocycles. The summed E-state index contributed by atoms with van der Waals surface area (Å²) in [5.41, 5.74) is 0.961. The first-order chi connectivity index (χ1) is 7.17. The lowest BCUT2D eigenvalue weighted by atomic mass is 10.0. The predicted octanol–water partition coefficient (Wildman–Crippen LogP) is 4.44. The van der Waals surface area contributed by atoms with E-state index >= 15 is 0 Å². The van der Waals surface area contributed by atoms with Gasteiger partial charge in [0.1, 0.15) is 5.82 Å². The molecular weight excluding hydrogens is 257 g/mol. The summed E-state index contributed by atoms with van der Waals surface area (Å²) in [7, 11) is 0. The maximum absolute atomic E-state index is 12.8. The molecule has 0 spiro atoms. The molecule has 0 unspecified atom stereocenters. The summed E-state index contributed by atoms with van der Waals surface area (Å²) in [5.74, 6) is 0.469. The van der Waals surface area contributed by atoms with E-state index in [9.17, 15) is 4.39 Å². The molecule has 84 valence electrons. The van der Waals surface area contributed by atoms with Crippen LogP contribution in [0, 0.1) is 11.7 Å². The van der Waals surface area contributed by atoms with Gasteiger partial charge in [-0.15, -0.1) is 0 Å². The zero-order valence-electron chi connectivity index (χ0n) is 9.19. The first-order valence-corrected chi connectivity index (χ1v) is 6.15. The van der Waals surface area contributed by atoms with E-state index in [4.69, 9.17) is 0 Å². The van der Waals surface area contributed by atoms with Crippen molar-refractivity contribution in [2.45, 2.75) is 26.7 Å². The molecule has 0 amide bonds. The minimum absolute atomic E-state index is 0.213. The van der Waals surface area contributed by atoms with Crippen LogP contribution in [0.2, 0.25) is 0 Å². The summed E-state index contributed by atoms with van der Waals surface area (Å²) >= 11 is 3.34. The molecule has 0 aliphatic rings. The third kappa shape index (κ3) is 3.82. The van der Waals surface area contributed by atoms with E-state index < -0.39 is 0 Å². The van der Waals surface area contributed by atoms with Gasteiger partial charge in [0.25, 0.3) is 0 Å². The summed E-state index contributed by atoms with van der Waals surface area (Å²) in [5, 5.41) is 3.33. The van der Waals surface area contributed by atoms with Crippen molar-refractivity contribution in [3.63, 3.8) is 0 Å². The lowest BCUT2D eigenvalue weighted by Gasteiger charge is -2.15. The van der Waals surface area contributed by atoms with E-state index in [2.05, 4.69) is 35.1 Å². The highest BCUT2D eigenvalue weighted by Crippen LogP contribution is 2.23. The van der Waals surface area contributed by atoms with Gasteiger partial charge in [-0.3, -0.25) is 0 Å². The monoisotopic (exact) mass is 273 g/mol. The fraction of sp³-hybridized carbons (Fsp3) is 0.500. The number of hydrogen-bond donors (Lipinski definition) is 1. The Morgan fingerprint density at radius 3 is 2.53 bits per heavy atom. The topological polar surface area (TPSA) is 12.0 Å². The van der Waals surface area contributed by atoms with Crippen molar-refractivity contribution in [2.75, 3.05) is 11.9 Å². The molecule has 0 saturated carbocycles. The zero-order valence-corrected chi connectivity index (χ0v) is 10.8. The number of rotatable bonds is 5. The van der Waals surface area contributed by atoms with Crippen molar-refractivity contribution in [2.24, 2.45) is 5.92 Å². The molecule has 0 aliphatic carbocycles. The number of benzene rings is 1. The summed E-state index contributed by atoms with van der Waals surface area (Å²) < 4.78 is 13.6. The molecule has 1 aromatic rings. The Morgan fingerprint density at radius 1 is 1.33 bits per heavy atom. The predicted molar refractivity (Wildman–Crippen MR) is 66.7 cm³/mol. The van der Waals surface area contributed by atoms with Crippen molar-refractivity contribution >= 4 is 21.6 Å². The van der Waals surface area contributed by atoms with Gasteiger partial charge in [0.05, 0.1) is 0 Å². The smallest absolute Gasteiger partial charge is 0.124 e. The molecule has 0 bridgehead atoms. The van der Waals surface area contributed by atoms with Crippen molar-refractivity contribution in [1.29, 1.82) is 0 Å². The van der Waals surface area contributed by atoms with Crippen molar-refractivity contribution in [3.05, 3.63) is 28.5 Å². The summed E-state index contributed by atoms with van der Waals surface area (Å²) in [4.78, 5) is 0. The highest BCUT2D eigenvalue weighted by atomic mass is 79.9. The zero-order chi connectivity index (χ0) is 11.3. The molecule has 1 aromatic carbocycles. The summed E-state index contributed by atoms with van der Waals surface area (Å²) in [6.45, 7) is 5.32. The molecule has 0 heterocycles. The lowest BCUT2D eigenvalue weighted by molar-refractivity contribution is 0.519. The lowest BCUT2D eigenvalue weighted by Crippen LogP contribution is -2.12. The van der Waals surface area contributed by atoms with Crippen molar-refractivity contribution < 1.29 is 4.39 Å². The van der Waals surface area contributed by atoms with Crippen LogP contribution in [-0.2, 0) is 0 Å². The van der Waals surface area contributed by atoms with E-state index in [0.717, 1.165) is 16.7 Å². The van der Waals surface area contributed by atoms with Crippen molar-refractivity contribution in [3.8, 4) is 0 Å². The molecule has 0 radical (unpaired) electrons. The standard InChI is InChI=1S/C12H17BrFN/c1-3-9(4-2)8-15-12-6-5-10(14)7-11(12)13/h5-7,9,15H,3-4,8H2,1-2H3. The Morgan fingerprint density at radius 2 is 2.00 bits per heavy atom. The van der Waals surface area contributed by atoms with Crippen LogP contribution in [0.4, 0.5) is 10.1 Å². The van der Waals surface area contributed by atoms with Crippen LogP contribution in [0.5, 0.6) is 0 Å². The van der Waals surface area contributed by atoms with Crippen LogP contribution in [0.1, 0.15) is 26.7 Å². The third-order valence-corrected chi connectivity index (χ3v) is 3.32. The van der Waals surface area contributed by atoms with E-state index in [1.165, 1.54) is 25.0 Å². The van der Waals surface area contributed by atoms with E-state index in [1.54, 1.807) is 6.07 Å². The molecule has 1 rings (SSSR count). The van der Waals surface area contributed by atoms with Gasteiger partial charge in [-0.05, 0) is 40.0 Å². The number of anilines is 1. The van der Waals surface area contributed by atoms with Gasteiger partial charge in [0.15, 0.2) is 0 Å². The second kappa shape index (κ2) is 6.11. The molecule has 0 fully saturated rings. The first kappa shape index (κ1) is 12.5. The highest BCUT2D eigenvalue weighted by Gasteiger charge is 2.05. The minimum atomic E-state index is -0.213. The second-order valence-electron chi connectivity index (χ2n) is 3.69. The van der Waals surface area contributed by atoms with Gasteiger partial charge in [0.2, 0.25) is 0 Å². The van der Waals surface area contributed by atoms with Crippen LogP contribution in [-0.4, -0.2) is 6.54 Å².